The Hall–Kier alpha value is -3.58. The first-order chi connectivity index (χ1) is 16.8. The van der Waals surface area contributed by atoms with E-state index in [4.69, 9.17) is 4.74 Å². The van der Waals surface area contributed by atoms with Crippen molar-refractivity contribution in [3.8, 4) is 22.0 Å². The lowest BCUT2D eigenvalue weighted by molar-refractivity contribution is -0.137. The van der Waals surface area contributed by atoms with Crippen molar-refractivity contribution < 1.29 is 22.7 Å². The third-order valence-corrected chi connectivity index (χ3v) is 6.54. The van der Waals surface area contributed by atoms with Crippen LogP contribution >= 0.6 is 11.3 Å². The number of amides is 1. The second-order valence-corrected chi connectivity index (χ2v) is 8.81. The molecule has 1 fully saturated rings. The molecule has 1 aliphatic carbocycles. The molecule has 4 heterocycles. The predicted octanol–water partition coefficient (Wildman–Crippen LogP) is 4.80. The Morgan fingerprint density at radius 3 is 2.89 bits per heavy atom. The molecule has 1 aliphatic rings. The number of hydrogen-bond acceptors (Lipinski definition) is 7. The number of aromatic nitrogens is 6. The number of H-pyrrole nitrogens is 1. The third kappa shape index (κ3) is 4.68. The van der Waals surface area contributed by atoms with Crippen LogP contribution in [0.1, 0.15) is 41.9 Å². The number of halogens is 3. The van der Waals surface area contributed by atoms with Gasteiger partial charge in [0.2, 0.25) is 0 Å². The van der Waals surface area contributed by atoms with Crippen LogP contribution < -0.4 is 5.32 Å². The number of aromatic amines is 1. The van der Waals surface area contributed by atoms with Crippen molar-refractivity contribution in [3.05, 3.63) is 53.6 Å². The zero-order valence-electron chi connectivity index (χ0n) is 18.4. The Bertz CT molecular complexity index is 1330. The molecule has 4 aromatic heterocycles. The lowest BCUT2D eigenvalue weighted by Crippen LogP contribution is -2.33. The maximum absolute atomic E-state index is 13.7. The summed E-state index contributed by atoms with van der Waals surface area (Å²) in [6.45, 7) is 2.49. The molecule has 2 N–H and O–H groups in total. The van der Waals surface area contributed by atoms with E-state index in [-0.39, 0.29) is 34.9 Å². The predicted molar refractivity (Wildman–Crippen MR) is 122 cm³/mol. The van der Waals surface area contributed by atoms with Crippen LogP contribution in [0.5, 0.6) is 0 Å². The maximum atomic E-state index is 13.7. The Balaban J connectivity index is 1.47. The highest BCUT2D eigenvalue weighted by Gasteiger charge is 2.37. The number of ether oxygens (including phenoxy) is 1. The molecule has 9 nitrogen and oxygen atoms in total. The van der Waals surface area contributed by atoms with Crippen molar-refractivity contribution in [1.29, 1.82) is 0 Å². The molecule has 5 rings (SSSR count). The first-order valence-corrected chi connectivity index (χ1v) is 11.7. The Morgan fingerprint density at radius 1 is 1.34 bits per heavy atom. The minimum absolute atomic E-state index is 0.0547. The molecule has 0 aliphatic heterocycles. The number of alkyl halides is 3. The summed E-state index contributed by atoms with van der Waals surface area (Å²) in [5, 5.41) is 15.8. The van der Waals surface area contributed by atoms with E-state index >= 15 is 0 Å². The van der Waals surface area contributed by atoms with Crippen LogP contribution in [0, 0.1) is 0 Å². The van der Waals surface area contributed by atoms with E-state index in [2.05, 4.69) is 30.6 Å². The highest BCUT2D eigenvalue weighted by molar-refractivity contribution is 7.13. The Morgan fingerprint density at radius 2 is 2.17 bits per heavy atom. The lowest BCUT2D eigenvalue weighted by Gasteiger charge is -2.34. The summed E-state index contributed by atoms with van der Waals surface area (Å²) in [4.78, 5) is 21.2. The highest BCUT2D eigenvalue weighted by atomic mass is 32.1. The van der Waals surface area contributed by atoms with Gasteiger partial charge < -0.3 is 10.1 Å². The number of carbonyl (C=O) groups excluding carboxylic acids is 1. The molecule has 4 aromatic rings. The molecule has 0 aromatic carbocycles. The molecule has 0 radical (unpaired) electrons. The number of rotatable bonds is 7. The van der Waals surface area contributed by atoms with Gasteiger partial charge >= 0.3 is 6.18 Å². The van der Waals surface area contributed by atoms with Gasteiger partial charge in [0.15, 0.2) is 0 Å². The minimum atomic E-state index is -4.64. The van der Waals surface area contributed by atoms with Gasteiger partial charge in [0.1, 0.15) is 22.1 Å². The van der Waals surface area contributed by atoms with Crippen LogP contribution in [-0.4, -0.2) is 48.6 Å². The second-order valence-electron chi connectivity index (χ2n) is 7.95. The molecule has 0 atom stereocenters. The van der Waals surface area contributed by atoms with Crippen LogP contribution in [-0.2, 0) is 10.9 Å². The van der Waals surface area contributed by atoms with Gasteiger partial charge in [-0.15, -0.1) is 11.3 Å². The minimum Gasteiger partial charge on any atom is -0.378 e. The van der Waals surface area contributed by atoms with Gasteiger partial charge in [-0.25, -0.2) is 4.98 Å². The zero-order chi connectivity index (χ0) is 24.6. The monoisotopic (exact) mass is 503 g/mol. The molecule has 0 spiro atoms. The standard InChI is InChI=1S/C22H20F3N7O2S/c1-2-34-14-6-13(7-14)32-10-16(19(31-32)18-15(22(23,24)25)4-3-5-26-18)29-20(33)17-11-35-21(30-17)12-8-27-28-9-12/h3-5,8-11,13-14H,2,6-7H2,1H3,(H,27,28)(H,29,33)/t13-,14+. The SMILES string of the molecule is CCO[C@H]1C[C@@H](n2cc(NC(=O)c3csc(-c4cn[nH]c4)n3)c(-c3ncccc3C(F)(F)F)n2)C1. The van der Waals surface area contributed by atoms with Crippen molar-refractivity contribution in [3.63, 3.8) is 0 Å². The van der Waals surface area contributed by atoms with E-state index in [0.29, 0.717) is 24.5 Å². The Kier molecular flexibility index (Phi) is 6.11. The van der Waals surface area contributed by atoms with Gasteiger partial charge in [0.25, 0.3) is 5.91 Å². The van der Waals surface area contributed by atoms with Crippen LogP contribution in [0.3, 0.4) is 0 Å². The Labute approximate surface area is 201 Å². The van der Waals surface area contributed by atoms with Gasteiger partial charge in [0, 0.05) is 36.1 Å². The van der Waals surface area contributed by atoms with Crippen molar-refractivity contribution >= 4 is 22.9 Å². The average molecular weight is 504 g/mol. The summed E-state index contributed by atoms with van der Waals surface area (Å²) >= 11 is 1.25. The molecule has 35 heavy (non-hydrogen) atoms. The van der Waals surface area contributed by atoms with E-state index in [1.54, 1.807) is 22.5 Å². The number of hydrogen-bond donors (Lipinski definition) is 2. The maximum Gasteiger partial charge on any atom is 0.418 e. The molecule has 0 bridgehead atoms. The molecule has 182 valence electrons. The number of thiazole rings is 1. The third-order valence-electron chi connectivity index (χ3n) is 5.65. The first-order valence-electron chi connectivity index (χ1n) is 10.8. The van der Waals surface area contributed by atoms with Gasteiger partial charge in [-0.3, -0.25) is 19.6 Å². The van der Waals surface area contributed by atoms with Crippen molar-refractivity contribution in [2.45, 2.75) is 38.1 Å². The topological polar surface area (TPSA) is 111 Å². The van der Waals surface area contributed by atoms with Gasteiger partial charge in [-0.05, 0) is 31.9 Å². The summed E-state index contributed by atoms with van der Waals surface area (Å²) in [6.07, 6.45) is 2.83. The fraction of sp³-hybridized carbons (Fsp3) is 0.318. The van der Waals surface area contributed by atoms with E-state index in [0.717, 1.165) is 11.6 Å². The summed E-state index contributed by atoms with van der Waals surface area (Å²) in [7, 11) is 0. The zero-order valence-corrected chi connectivity index (χ0v) is 19.2. The number of pyridine rings is 1. The molecule has 13 heteroatoms. The highest BCUT2D eigenvalue weighted by Crippen LogP contribution is 2.40. The molecular weight excluding hydrogens is 483 g/mol. The van der Waals surface area contributed by atoms with Crippen LogP contribution in [0.2, 0.25) is 0 Å². The quantitative estimate of drug-likeness (QED) is 0.375. The summed E-state index contributed by atoms with van der Waals surface area (Å²) in [5.41, 5.74) is -0.375. The number of nitrogens with one attached hydrogen (secondary N) is 2. The average Bonchev–Trinajstić information content (AvgIpc) is 3.56. The van der Waals surface area contributed by atoms with Gasteiger partial charge in [-0.2, -0.15) is 23.4 Å². The summed E-state index contributed by atoms with van der Waals surface area (Å²) in [5.74, 6) is -0.568. The molecule has 1 amide bonds. The van der Waals surface area contributed by atoms with Crippen LogP contribution in [0.4, 0.5) is 18.9 Å². The van der Waals surface area contributed by atoms with Crippen molar-refractivity contribution in [2.24, 2.45) is 0 Å². The molecule has 1 saturated carbocycles. The number of nitrogens with zero attached hydrogens (tertiary/aromatic N) is 5. The van der Waals surface area contributed by atoms with Gasteiger partial charge in [0.05, 0.1) is 29.6 Å². The normalized spacial score (nSPS) is 17.8. The number of carbonyl (C=O) groups is 1. The second kappa shape index (κ2) is 9.23. The smallest absolute Gasteiger partial charge is 0.378 e. The van der Waals surface area contributed by atoms with E-state index in [9.17, 15) is 18.0 Å². The van der Waals surface area contributed by atoms with Crippen molar-refractivity contribution in [2.75, 3.05) is 11.9 Å². The molecule has 0 saturated heterocycles. The fourth-order valence-electron chi connectivity index (χ4n) is 3.86. The number of anilines is 1. The van der Waals surface area contributed by atoms with Crippen LogP contribution in [0.15, 0.2) is 42.3 Å². The van der Waals surface area contributed by atoms with Crippen LogP contribution in [0.25, 0.3) is 22.0 Å². The van der Waals surface area contributed by atoms with Crippen molar-refractivity contribution in [1.82, 2.24) is 29.9 Å². The van der Waals surface area contributed by atoms with E-state index in [1.807, 2.05) is 6.92 Å². The van der Waals surface area contributed by atoms with E-state index < -0.39 is 17.6 Å². The largest absolute Gasteiger partial charge is 0.418 e. The summed E-state index contributed by atoms with van der Waals surface area (Å²) in [6, 6.07) is 2.10. The van der Waals surface area contributed by atoms with Gasteiger partial charge in [-0.1, -0.05) is 0 Å². The lowest BCUT2D eigenvalue weighted by atomic mass is 9.89. The molecule has 0 unspecified atom stereocenters. The fourth-order valence-corrected chi connectivity index (χ4v) is 4.64. The first kappa shape index (κ1) is 23.2. The summed E-state index contributed by atoms with van der Waals surface area (Å²) < 4.78 is 48.3. The van der Waals surface area contributed by atoms with E-state index in [1.165, 1.54) is 29.8 Å². The molecular formula is C22H20F3N7O2S.